The zero-order valence-corrected chi connectivity index (χ0v) is 11.9. The Hall–Kier alpha value is -0.820. The highest BCUT2D eigenvalue weighted by Crippen LogP contribution is 2.26. The minimum absolute atomic E-state index is 0.689. The van der Waals surface area contributed by atoms with E-state index in [1.807, 2.05) is 0 Å². The molecule has 0 aliphatic heterocycles. The molecule has 1 heteroatoms. The second-order valence-electron chi connectivity index (χ2n) is 5.82. The third-order valence-corrected chi connectivity index (χ3v) is 4.48. The lowest BCUT2D eigenvalue weighted by atomic mass is 9.84. The molecule has 2 rings (SSSR count). The monoisotopic (exact) mass is 245 g/mol. The predicted octanol–water partition coefficient (Wildman–Crippen LogP) is 4.10. The molecule has 1 N–H and O–H groups in total. The normalized spacial score (nSPS) is 18.8. The molecule has 0 radical (unpaired) electrons. The SMILES string of the molecule is Cc1ccccc1CCNC(C)C1CCCCC1. The van der Waals surface area contributed by atoms with E-state index in [9.17, 15) is 0 Å². The Morgan fingerprint density at radius 3 is 2.61 bits per heavy atom. The van der Waals surface area contributed by atoms with Gasteiger partial charge in [-0.05, 0) is 56.7 Å². The van der Waals surface area contributed by atoms with Gasteiger partial charge >= 0.3 is 0 Å². The second-order valence-corrected chi connectivity index (χ2v) is 5.82. The quantitative estimate of drug-likeness (QED) is 0.823. The summed E-state index contributed by atoms with van der Waals surface area (Å²) in [4.78, 5) is 0. The van der Waals surface area contributed by atoms with Crippen LogP contribution in [-0.4, -0.2) is 12.6 Å². The molecule has 0 amide bonds. The summed E-state index contributed by atoms with van der Waals surface area (Å²) < 4.78 is 0. The maximum absolute atomic E-state index is 3.73. The Morgan fingerprint density at radius 2 is 1.89 bits per heavy atom. The van der Waals surface area contributed by atoms with Gasteiger partial charge in [-0.1, -0.05) is 43.5 Å². The first kappa shape index (κ1) is 13.6. The second kappa shape index (κ2) is 6.94. The van der Waals surface area contributed by atoms with Crippen molar-refractivity contribution in [3.05, 3.63) is 35.4 Å². The molecule has 1 aromatic rings. The van der Waals surface area contributed by atoms with Gasteiger partial charge in [0, 0.05) is 6.04 Å². The third-order valence-electron chi connectivity index (χ3n) is 4.48. The number of aryl methyl sites for hydroxylation is 1. The van der Waals surface area contributed by atoms with Gasteiger partial charge < -0.3 is 5.32 Å². The summed E-state index contributed by atoms with van der Waals surface area (Å²) in [5.74, 6) is 0.913. The maximum atomic E-state index is 3.73. The number of benzene rings is 1. The van der Waals surface area contributed by atoms with E-state index in [-0.39, 0.29) is 0 Å². The van der Waals surface area contributed by atoms with Gasteiger partial charge in [-0.2, -0.15) is 0 Å². The van der Waals surface area contributed by atoms with Crippen LogP contribution in [0.5, 0.6) is 0 Å². The molecule has 100 valence electrons. The van der Waals surface area contributed by atoms with E-state index < -0.39 is 0 Å². The van der Waals surface area contributed by atoms with E-state index >= 15 is 0 Å². The average Bonchev–Trinajstić information content (AvgIpc) is 2.42. The highest BCUT2D eigenvalue weighted by Gasteiger charge is 2.19. The smallest absolute Gasteiger partial charge is 0.00671 e. The fraction of sp³-hybridized carbons (Fsp3) is 0.647. The molecule has 1 atom stereocenters. The number of rotatable bonds is 5. The van der Waals surface area contributed by atoms with Gasteiger partial charge in [0.1, 0.15) is 0 Å². The van der Waals surface area contributed by atoms with Crippen LogP contribution in [0.25, 0.3) is 0 Å². The van der Waals surface area contributed by atoms with Crippen LogP contribution in [0.2, 0.25) is 0 Å². The van der Waals surface area contributed by atoms with E-state index in [2.05, 4.69) is 43.4 Å². The zero-order valence-electron chi connectivity index (χ0n) is 11.9. The Labute approximate surface area is 112 Å². The molecular formula is C17H27N. The van der Waals surface area contributed by atoms with Crippen molar-refractivity contribution in [1.82, 2.24) is 5.32 Å². The van der Waals surface area contributed by atoms with Crippen LogP contribution in [-0.2, 0) is 6.42 Å². The first-order valence-electron chi connectivity index (χ1n) is 7.55. The van der Waals surface area contributed by atoms with Crippen LogP contribution in [0.15, 0.2) is 24.3 Å². The summed E-state index contributed by atoms with van der Waals surface area (Å²) in [7, 11) is 0. The van der Waals surface area contributed by atoms with E-state index in [1.54, 1.807) is 0 Å². The third kappa shape index (κ3) is 3.84. The van der Waals surface area contributed by atoms with Crippen LogP contribution in [0.1, 0.15) is 50.2 Å². The highest BCUT2D eigenvalue weighted by atomic mass is 14.9. The summed E-state index contributed by atoms with van der Waals surface area (Å²) in [5.41, 5.74) is 2.91. The molecule has 18 heavy (non-hydrogen) atoms. The predicted molar refractivity (Wildman–Crippen MR) is 78.9 cm³/mol. The van der Waals surface area contributed by atoms with Crippen LogP contribution in [0.3, 0.4) is 0 Å². The molecule has 0 aromatic heterocycles. The van der Waals surface area contributed by atoms with Gasteiger partial charge in [-0.3, -0.25) is 0 Å². The molecule has 1 aromatic carbocycles. The van der Waals surface area contributed by atoms with Crippen molar-refractivity contribution < 1.29 is 0 Å². The molecule has 1 nitrogen and oxygen atoms in total. The highest BCUT2D eigenvalue weighted by molar-refractivity contribution is 5.25. The van der Waals surface area contributed by atoms with Crippen LogP contribution < -0.4 is 5.32 Å². The molecule has 1 aliphatic rings. The maximum Gasteiger partial charge on any atom is 0.00671 e. The fourth-order valence-electron chi connectivity index (χ4n) is 3.13. The molecule has 1 unspecified atom stereocenters. The van der Waals surface area contributed by atoms with Crippen molar-refractivity contribution in [3.63, 3.8) is 0 Å². The van der Waals surface area contributed by atoms with Gasteiger partial charge in [0.05, 0.1) is 0 Å². The summed E-state index contributed by atoms with van der Waals surface area (Å²) in [6, 6.07) is 9.42. The topological polar surface area (TPSA) is 12.0 Å². The number of hydrogen-bond donors (Lipinski definition) is 1. The van der Waals surface area contributed by atoms with Crippen molar-refractivity contribution in [2.45, 2.75) is 58.4 Å². The summed E-state index contributed by atoms with van der Waals surface area (Å²) in [5, 5.41) is 3.73. The van der Waals surface area contributed by atoms with Crippen molar-refractivity contribution in [1.29, 1.82) is 0 Å². The van der Waals surface area contributed by atoms with E-state index in [1.165, 1.54) is 43.2 Å². The minimum atomic E-state index is 0.689. The number of nitrogens with one attached hydrogen (secondary N) is 1. The van der Waals surface area contributed by atoms with Gasteiger partial charge in [-0.25, -0.2) is 0 Å². The molecule has 1 saturated carbocycles. The molecular weight excluding hydrogens is 218 g/mol. The van der Waals surface area contributed by atoms with Crippen molar-refractivity contribution >= 4 is 0 Å². The van der Waals surface area contributed by atoms with E-state index in [0.717, 1.165) is 18.9 Å². The van der Waals surface area contributed by atoms with E-state index in [4.69, 9.17) is 0 Å². The summed E-state index contributed by atoms with van der Waals surface area (Å²) >= 11 is 0. The fourth-order valence-corrected chi connectivity index (χ4v) is 3.13. The van der Waals surface area contributed by atoms with Crippen molar-refractivity contribution in [2.75, 3.05) is 6.54 Å². The molecule has 0 bridgehead atoms. The van der Waals surface area contributed by atoms with Crippen LogP contribution >= 0.6 is 0 Å². The van der Waals surface area contributed by atoms with Crippen molar-refractivity contribution in [3.8, 4) is 0 Å². The van der Waals surface area contributed by atoms with Crippen LogP contribution in [0.4, 0.5) is 0 Å². The molecule has 0 heterocycles. The Balaban J connectivity index is 1.73. The Morgan fingerprint density at radius 1 is 1.17 bits per heavy atom. The standard InChI is InChI=1S/C17H27N/c1-14-8-6-7-9-16(14)12-13-18-15(2)17-10-4-3-5-11-17/h6-9,15,17-18H,3-5,10-13H2,1-2H3. The molecule has 1 aliphatic carbocycles. The first-order valence-corrected chi connectivity index (χ1v) is 7.55. The summed E-state index contributed by atoms with van der Waals surface area (Å²) in [6.07, 6.45) is 8.34. The van der Waals surface area contributed by atoms with Gasteiger partial charge in [0.25, 0.3) is 0 Å². The number of hydrogen-bond acceptors (Lipinski definition) is 1. The lowest BCUT2D eigenvalue weighted by molar-refractivity contribution is 0.282. The molecule has 0 spiro atoms. The average molecular weight is 245 g/mol. The lowest BCUT2D eigenvalue weighted by Gasteiger charge is -2.28. The largest absolute Gasteiger partial charge is 0.314 e. The lowest BCUT2D eigenvalue weighted by Crippen LogP contribution is -2.35. The first-order chi connectivity index (χ1) is 8.77. The van der Waals surface area contributed by atoms with Crippen LogP contribution in [0, 0.1) is 12.8 Å². The van der Waals surface area contributed by atoms with Gasteiger partial charge in [0.15, 0.2) is 0 Å². The molecule has 0 saturated heterocycles. The zero-order chi connectivity index (χ0) is 12.8. The Bertz CT molecular complexity index is 352. The Kier molecular flexibility index (Phi) is 5.25. The van der Waals surface area contributed by atoms with Gasteiger partial charge in [0.2, 0.25) is 0 Å². The van der Waals surface area contributed by atoms with Crippen molar-refractivity contribution in [2.24, 2.45) is 5.92 Å². The minimum Gasteiger partial charge on any atom is -0.314 e. The van der Waals surface area contributed by atoms with Gasteiger partial charge in [-0.15, -0.1) is 0 Å². The molecule has 1 fully saturated rings. The summed E-state index contributed by atoms with van der Waals surface area (Å²) in [6.45, 7) is 5.69. The van der Waals surface area contributed by atoms with E-state index in [0.29, 0.717) is 6.04 Å².